The molecule has 1 aliphatic carbocycles. The number of hydrogen-bond acceptors (Lipinski definition) is 2. The number of aryl methyl sites for hydroxylation is 1. The summed E-state index contributed by atoms with van der Waals surface area (Å²) in [5.41, 5.74) is 3.47. The van der Waals surface area contributed by atoms with Gasteiger partial charge in [-0.1, -0.05) is 18.2 Å². The molecule has 124 valence electrons. The van der Waals surface area contributed by atoms with Crippen molar-refractivity contribution in [3.05, 3.63) is 59.7 Å². The molecule has 0 fully saturated rings. The van der Waals surface area contributed by atoms with Crippen LogP contribution in [0, 0.1) is 0 Å². The highest BCUT2D eigenvalue weighted by Crippen LogP contribution is 2.30. The van der Waals surface area contributed by atoms with E-state index >= 15 is 0 Å². The van der Waals surface area contributed by atoms with Crippen molar-refractivity contribution in [1.29, 1.82) is 0 Å². The van der Waals surface area contributed by atoms with Gasteiger partial charge in [0.05, 0.1) is 12.3 Å². The summed E-state index contributed by atoms with van der Waals surface area (Å²) in [7, 11) is 0. The largest absolute Gasteiger partial charge is 0.469 e. The van der Waals surface area contributed by atoms with Crippen LogP contribution < -0.4 is 10.6 Å². The predicted molar refractivity (Wildman–Crippen MR) is 92.9 cm³/mol. The van der Waals surface area contributed by atoms with Gasteiger partial charge in [-0.2, -0.15) is 0 Å². The molecule has 2 heterocycles. The van der Waals surface area contributed by atoms with Gasteiger partial charge < -0.3 is 20.0 Å². The number of H-pyrrole nitrogens is 1. The Bertz CT molecular complexity index is 849. The van der Waals surface area contributed by atoms with Crippen LogP contribution in [-0.4, -0.2) is 17.6 Å². The topological polar surface area (TPSA) is 70.1 Å². The zero-order valence-electron chi connectivity index (χ0n) is 13.5. The van der Waals surface area contributed by atoms with Crippen LogP contribution in [-0.2, 0) is 12.8 Å². The first-order valence-electron chi connectivity index (χ1n) is 8.47. The maximum Gasteiger partial charge on any atom is 0.315 e. The summed E-state index contributed by atoms with van der Waals surface area (Å²) in [6.07, 6.45) is 7.49. The number of carbonyl (C=O) groups is 1. The van der Waals surface area contributed by atoms with E-state index < -0.39 is 0 Å². The molecule has 2 amide bonds. The lowest BCUT2D eigenvalue weighted by atomic mass is 9.93. The van der Waals surface area contributed by atoms with Gasteiger partial charge in [0.2, 0.25) is 0 Å². The van der Waals surface area contributed by atoms with Gasteiger partial charge in [0.1, 0.15) is 5.76 Å². The fourth-order valence-corrected chi connectivity index (χ4v) is 3.49. The highest BCUT2D eigenvalue weighted by Gasteiger charge is 2.23. The highest BCUT2D eigenvalue weighted by atomic mass is 16.3. The molecular formula is C19H21N3O2. The molecule has 1 atom stereocenters. The molecule has 5 nitrogen and oxygen atoms in total. The number of aromatic amines is 1. The maximum atomic E-state index is 12.2. The van der Waals surface area contributed by atoms with Crippen LogP contribution >= 0.6 is 0 Å². The fraction of sp³-hybridized carbons (Fsp3) is 0.316. The molecule has 4 rings (SSSR count). The van der Waals surface area contributed by atoms with Gasteiger partial charge >= 0.3 is 6.03 Å². The summed E-state index contributed by atoms with van der Waals surface area (Å²) in [5.74, 6) is 1.00. The summed E-state index contributed by atoms with van der Waals surface area (Å²) in [4.78, 5) is 15.4. The van der Waals surface area contributed by atoms with Crippen LogP contribution in [0.4, 0.5) is 4.79 Å². The van der Waals surface area contributed by atoms with E-state index in [0.717, 1.165) is 42.5 Å². The molecule has 0 saturated heterocycles. The van der Waals surface area contributed by atoms with Gasteiger partial charge in [0.15, 0.2) is 0 Å². The Morgan fingerprint density at radius 3 is 3.17 bits per heavy atom. The molecule has 0 bridgehead atoms. The Morgan fingerprint density at radius 1 is 1.29 bits per heavy atom. The molecule has 24 heavy (non-hydrogen) atoms. The van der Waals surface area contributed by atoms with Gasteiger partial charge in [0, 0.05) is 35.6 Å². The number of para-hydroxylation sites is 1. The minimum absolute atomic E-state index is 0.0561. The average Bonchev–Trinajstić information content (AvgIpc) is 3.23. The van der Waals surface area contributed by atoms with E-state index in [4.69, 9.17) is 4.42 Å². The molecule has 0 spiro atoms. The van der Waals surface area contributed by atoms with Gasteiger partial charge in [-0.25, -0.2) is 4.79 Å². The van der Waals surface area contributed by atoms with Gasteiger partial charge in [-0.15, -0.1) is 0 Å². The van der Waals surface area contributed by atoms with E-state index in [2.05, 4.69) is 27.8 Å². The average molecular weight is 323 g/mol. The van der Waals surface area contributed by atoms with E-state index in [1.807, 2.05) is 24.4 Å². The monoisotopic (exact) mass is 323 g/mol. The van der Waals surface area contributed by atoms with Crippen molar-refractivity contribution >= 4 is 16.9 Å². The minimum atomic E-state index is -0.117. The van der Waals surface area contributed by atoms with Crippen molar-refractivity contribution in [1.82, 2.24) is 15.6 Å². The maximum absolute atomic E-state index is 12.2. The van der Waals surface area contributed by atoms with E-state index in [0.29, 0.717) is 6.54 Å². The molecule has 1 unspecified atom stereocenters. The van der Waals surface area contributed by atoms with Crippen molar-refractivity contribution in [3.63, 3.8) is 0 Å². The van der Waals surface area contributed by atoms with Crippen molar-refractivity contribution in [2.24, 2.45) is 0 Å². The molecule has 2 aromatic heterocycles. The number of amides is 2. The Morgan fingerprint density at radius 2 is 2.21 bits per heavy atom. The second-order valence-corrected chi connectivity index (χ2v) is 6.25. The molecule has 0 saturated carbocycles. The second kappa shape index (κ2) is 6.43. The quantitative estimate of drug-likeness (QED) is 0.685. The van der Waals surface area contributed by atoms with E-state index in [1.54, 1.807) is 6.26 Å². The fourth-order valence-electron chi connectivity index (χ4n) is 3.49. The third kappa shape index (κ3) is 2.89. The van der Waals surface area contributed by atoms with Gasteiger partial charge in [-0.05, 0) is 37.0 Å². The third-order valence-corrected chi connectivity index (χ3v) is 4.71. The Hall–Kier alpha value is -2.69. The molecule has 1 aromatic carbocycles. The number of furan rings is 1. The lowest BCUT2D eigenvalue weighted by Gasteiger charge is -2.22. The molecule has 1 aliphatic rings. The lowest BCUT2D eigenvalue weighted by Crippen LogP contribution is -2.39. The van der Waals surface area contributed by atoms with Crippen LogP contribution in [0.2, 0.25) is 0 Å². The van der Waals surface area contributed by atoms with Crippen molar-refractivity contribution in [2.75, 3.05) is 6.54 Å². The molecule has 0 radical (unpaired) electrons. The van der Waals surface area contributed by atoms with Gasteiger partial charge in [-0.3, -0.25) is 0 Å². The summed E-state index contributed by atoms with van der Waals surface area (Å²) in [6, 6.07) is 10.1. The molecule has 3 N–H and O–H groups in total. The summed E-state index contributed by atoms with van der Waals surface area (Å²) in [5, 5.41) is 7.24. The van der Waals surface area contributed by atoms with Crippen LogP contribution in [0.5, 0.6) is 0 Å². The molecular weight excluding hydrogens is 302 g/mol. The highest BCUT2D eigenvalue weighted by molar-refractivity contribution is 5.83. The smallest absolute Gasteiger partial charge is 0.315 e. The number of benzene rings is 1. The number of aromatic nitrogens is 1. The second-order valence-electron chi connectivity index (χ2n) is 6.25. The molecule has 5 heteroatoms. The van der Waals surface area contributed by atoms with Crippen LogP contribution in [0.1, 0.15) is 35.8 Å². The number of urea groups is 1. The van der Waals surface area contributed by atoms with Crippen molar-refractivity contribution in [3.8, 4) is 0 Å². The standard InChI is InChI=1S/C19H21N3O2/c23-19(22-17-6-3-7-18-15(17)9-11-24-18)20-10-8-13-12-21-16-5-2-1-4-14(13)16/h1-2,4-5,9,11-12,17,21H,3,6-8,10H2,(H2,20,22,23). The van der Waals surface area contributed by atoms with E-state index in [9.17, 15) is 4.79 Å². The molecule has 0 aliphatic heterocycles. The number of fused-ring (bicyclic) bond motifs is 2. The Kier molecular flexibility index (Phi) is 3.99. The number of nitrogens with one attached hydrogen (secondary N) is 3. The zero-order valence-corrected chi connectivity index (χ0v) is 13.5. The van der Waals surface area contributed by atoms with Crippen LogP contribution in [0.15, 0.2) is 47.2 Å². The van der Waals surface area contributed by atoms with Crippen molar-refractivity contribution in [2.45, 2.75) is 31.7 Å². The summed E-state index contributed by atoms with van der Waals surface area (Å²) < 4.78 is 5.46. The zero-order chi connectivity index (χ0) is 16.4. The first-order valence-corrected chi connectivity index (χ1v) is 8.47. The predicted octanol–water partition coefficient (Wildman–Crippen LogP) is 3.68. The third-order valence-electron chi connectivity index (χ3n) is 4.71. The van der Waals surface area contributed by atoms with E-state index in [1.165, 1.54) is 10.9 Å². The number of hydrogen-bond donors (Lipinski definition) is 3. The first kappa shape index (κ1) is 14.9. The SMILES string of the molecule is O=C(NCCc1c[nH]c2ccccc12)NC1CCCc2occc21. The van der Waals surface area contributed by atoms with Crippen LogP contribution in [0.25, 0.3) is 10.9 Å². The first-order chi connectivity index (χ1) is 11.8. The molecule has 3 aromatic rings. The minimum Gasteiger partial charge on any atom is -0.469 e. The number of carbonyl (C=O) groups excluding carboxylic acids is 1. The normalized spacial score (nSPS) is 16.8. The summed E-state index contributed by atoms with van der Waals surface area (Å²) >= 11 is 0. The van der Waals surface area contributed by atoms with Crippen molar-refractivity contribution < 1.29 is 9.21 Å². The van der Waals surface area contributed by atoms with Gasteiger partial charge in [0.25, 0.3) is 0 Å². The Labute approximate surface area is 140 Å². The summed E-state index contributed by atoms with van der Waals surface area (Å²) in [6.45, 7) is 0.610. The van der Waals surface area contributed by atoms with E-state index in [-0.39, 0.29) is 12.1 Å². The lowest BCUT2D eigenvalue weighted by molar-refractivity contribution is 0.235. The number of rotatable bonds is 4. The van der Waals surface area contributed by atoms with Crippen LogP contribution in [0.3, 0.4) is 0 Å². The Balaban J connectivity index is 1.32.